The molecule has 1 saturated carbocycles. The van der Waals surface area contributed by atoms with Crippen molar-refractivity contribution in [3.63, 3.8) is 0 Å². The van der Waals surface area contributed by atoms with E-state index in [1.807, 2.05) is 30.3 Å². The van der Waals surface area contributed by atoms with Crippen molar-refractivity contribution in [1.82, 2.24) is 25.5 Å². The second-order valence-electron chi connectivity index (χ2n) is 7.97. The lowest BCUT2D eigenvalue weighted by atomic mass is 9.77. The summed E-state index contributed by atoms with van der Waals surface area (Å²) in [6.07, 6.45) is 4.77. The summed E-state index contributed by atoms with van der Waals surface area (Å²) in [4.78, 5) is 45.9. The number of nitrogens with zero attached hydrogens (tertiary/aromatic N) is 2. The van der Waals surface area contributed by atoms with E-state index in [1.54, 1.807) is 6.20 Å². The third kappa shape index (κ3) is 3.87. The van der Waals surface area contributed by atoms with Gasteiger partial charge in [-0.3, -0.25) is 14.5 Å². The SMILES string of the molecule is CC1CCC2(CC1)NC(=O)N(CC(=O)NCc1ncc(-c3ccccc3)[nH]1)C2=O. The molecule has 4 rings (SSSR count). The van der Waals surface area contributed by atoms with Crippen molar-refractivity contribution in [2.45, 2.75) is 44.7 Å². The third-order valence-electron chi connectivity index (χ3n) is 5.84. The van der Waals surface area contributed by atoms with E-state index in [0.717, 1.165) is 29.0 Å². The maximum atomic E-state index is 12.8. The van der Waals surface area contributed by atoms with Gasteiger partial charge in [0.05, 0.1) is 18.4 Å². The Labute approximate surface area is 169 Å². The van der Waals surface area contributed by atoms with Gasteiger partial charge in [-0.2, -0.15) is 0 Å². The molecule has 2 heterocycles. The fourth-order valence-corrected chi connectivity index (χ4v) is 4.01. The van der Waals surface area contributed by atoms with Crippen LogP contribution in [-0.2, 0) is 16.1 Å². The lowest BCUT2D eigenvalue weighted by molar-refractivity contribution is -0.136. The highest BCUT2D eigenvalue weighted by atomic mass is 16.2. The first kappa shape index (κ1) is 19.2. The molecule has 4 amide bonds. The minimum absolute atomic E-state index is 0.192. The van der Waals surface area contributed by atoms with Crippen LogP contribution in [0.3, 0.4) is 0 Å². The molecule has 2 fully saturated rings. The Morgan fingerprint density at radius 2 is 1.97 bits per heavy atom. The molecule has 1 aliphatic carbocycles. The van der Waals surface area contributed by atoms with E-state index in [2.05, 4.69) is 27.5 Å². The van der Waals surface area contributed by atoms with Crippen molar-refractivity contribution in [1.29, 1.82) is 0 Å². The van der Waals surface area contributed by atoms with Crippen molar-refractivity contribution >= 4 is 17.8 Å². The number of urea groups is 1. The zero-order valence-electron chi connectivity index (χ0n) is 16.4. The first-order chi connectivity index (χ1) is 14.0. The number of nitrogens with one attached hydrogen (secondary N) is 3. The molecule has 8 heteroatoms. The molecular weight excluding hydrogens is 370 g/mol. The zero-order valence-corrected chi connectivity index (χ0v) is 16.4. The number of carbonyl (C=O) groups is 3. The van der Waals surface area contributed by atoms with Crippen molar-refractivity contribution in [2.24, 2.45) is 5.92 Å². The van der Waals surface area contributed by atoms with Gasteiger partial charge < -0.3 is 15.6 Å². The average molecular weight is 395 g/mol. The number of amides is 4. The van der Waals surface area contributed by atoms with Crippen LogP contribution in [-0.4, -0.2) is 44.8 Å². The molecule has 0 atom stereocenters. The van der Waals surface area contributed by atoms with Crippen LogP contribution in [0.5, 0.6) is 0 Å². The van der Waals surface area contributed by atoms with Crippen LogP contribution in [0.4, 0.5) is 4.79 Å². The smallest absolute Gasteiger partial charge is 0.325 e. The molecule has 8 nitrogen and oxygen atoms in total. The lowest BCUT2D eigenvalue weighted by Crippen LogP contribution is -2.49. The molecule has 1 spiro atoms. The second-order valence-corrected chi connectivity index (χ2v) is 7.97. The van der Waals surface area contributed by atoms with Crippen LogP contribution in [0.25, 0.3) is 11.3 Å². The van der Waals surface area contributed by atoms with E-state index >= 15 is 0 Å². The number of H-pyrrole nitrogens is 1. The van der Waals surface area contributed by atoms with Crippen LogP contribution in [0.15, 0.2) is 36.5 Å². The Kier molecular flexibility index (Phi) is 5.08. The van der Waals surface area contributed by atoms with Crippen LogP contribution in [0.1, 0.15) is 38.4 Å². The Bertz CT molecular complexity index is 915. The standard InChI is InChI=1S/C21H25N5O3/c1-14-7-9-21(10-8-14)19(28)26(20(29)25-21)13-18(27)23-12-17-22-11-16(24-17)15-5-3-2-4-6-15/h2-6,11,14H,7-10,12-13H2,1H3,(H,22,24)(H,23,27)(H,25,29). The number of hydrogen-bond acceptors (Lipinski definition) is 4. The summed E-state index contributed by atoms with van der Waals surface area (Å²) in [6, 6.07) is 9.27. The molecule has 3 N–H and O–H groups in total. The van der Waals surface area contributed by atoms with Crippen molar-refractivity contribution in [3.05, 3.63) is 42.4 Å². The number of aromatic nitrogens is 2. The fraction of sp³-hybridized carbons (Fsp3) is 0.429. The first-order valence-corrected chi connectivity index (χ1v) is 9.97. The molecular formula is C21H25N5O3. The van der Waals surface area contributed by atoms with Gasteiger partial charge in [0.15, 0.2) is 0 Å². The highest BCUT2D eigenvalue weighted by Gasteiger charge is 2.52. The summed E-state index contributed by atoms with van der Waals surface area (Å²) >= 11 is 0. The van der Waals surface area contributed by atoms with E-state index in [9.17, 15) is 14.4 Å². The van der Waals surface area contributed by atoms with Gasteiger partial charge in [-0.25, -0.2) is 9.78 Å². The number of imidazole rings is 1. The molecule has 1 aromatic carbocycles. The fourth-order valence-electron chi connectivity index (χ4n) is 4.01. The molecule has 2 aromatic rings. The topological polar surface area (TPSA) is 107 Å². The minimum Gasteiger partial charge on any atom is -0.347 e. The largest absolute Gasteiger partial charge is 0.347 e. The first-order valence-electron chi connectivity index (χ1n) is 9.97. The summed E-state index contributed by atoms with van der Waals surface area (Å²) in [6.45, 7) is 2.06. The number of aromatic amines is 1. The number of carbonyl (C=O) groups excluding carboxylic acids is 3. The number of benzene rings is 1. The van der Waals surface area contributed by atoms with Crippen LogP contribution < -0.4 is 10.6 Å². The Hall–Kier alpha value is -3.16. The summed E-state index contributed by atoms with van der Waals surface area (Å²) in [5.74, 6) is 0.477. The number of rotatable bonds is 5. The Balaban J connectivity index is 1.33. The van der Waals surface area contributed by atoms with E-state index in [-0.39, 0.29) is 19.0 Å². The molecule has 2 aliphatic rings. The molecule has 1 aromatic heterocycles. The average Bonchev–Trinajstić information content (AvgIpc) is 3.29. The van der Waals surface area contributed by atoms with Crippen molar-refractivity contribution < 1.29 is 14.4 Å². The maximum absolute atomic E-state index is 12.8. The predicted molar refractivity (Wildman–Crippen MR) is 106 cm³/mol. The highest BCUT2D eigenvalue weighted by Crippen LogP contribution is 2.36. The minimum atomic E-state index is -0.824. The van der Waals surface area contributed by atoms with E-state index in [1.165, 1.54) is 0 Å². The van der Waals surface area contributed by atoms with Crippen LogP contribution in [0.2, 0.25) is 0 Å². The Morgan fingerprint density at radius 1 is 1.24 bits per heavy atom. The predicted octanol–water partition coefficient (Wildman–Crippen LogP) is 2.19. The van der Waals surface area contributed by atoms with Gasteiger partial charge in [-0.15, -0.1) is 0 Å². The van der Waals surface area contributed by atoms with Gasteiger partial charge in [0.1, 0.15) is 17.9 Å². The molecule has 152 valence electrons. The highest BCUT2D eigenvalue weighted by molar-refractivity contribution is 6.09. The zero-order chi connectivity index (χ0) is 20.4. The third-order valence-corrected chi connectivity index (χ3v) is 5.84. The molecule has 1 saturated heterocycles. The molecule has 0 unspecified atom stereocenters. The van der Waals surface area contributed by atoms with Crippen LogP contribution in [0, 0.1) is 5.92 Å². The number of imide groups is 1. The normalized spacial score (nSPS) is 24.0. The second kappa shape index (κ2) is 7.69. The number of hydrogen-bond donors (Lipinski definition) is 3. The van der Waals surface area contributed by atoms with Gasteiger partial charge in [-0.1, -0.05) is 37.3 Å². The van der Waals surface area contributed by atoms with Gasteiger partial charge in [0, 0.05) is 0 Å². The summed E-state index contributed by atoms with van der Waals surface area (Å²) in [5, 5.41) is 5.55. The van der Waals surface area contributed by atoms with Gasteiger partial charge in [0.25, 0.3) is 5.91 Å². The monoisotopic (exact) mass is 395 g/mol. The summed E-state index contributed by atoms with van der Waals surface area (Å²) in [5.41, 5.74) is 1.04. The van der Waals surface area contributed by atoms with Crippen LogP contribution >= 0.6 is 0 Å². The maximum Gasteiger partial charge on any atom is 0.325 e. The quantitative estimate of drug-likeness (QED) is 0.675. The van der Waals surface area contributed by atoms with Gasteiger partial charge in [-0.05, 0) is 37.2 Å². The summed E-state index contributed by atoms with van der Waals surface area (Å²) < 4.78 is 0. The Morgan fingerprint density at radius 3 is 2.69 bits per heavy atom. The van der Waals surface area contributed by atoms with Gasteiger partial charge >= 0.3 is 6.03 Å². The van der Waals surface area contributed by atoms with E-state index in [4.69, 9.17) is 0 Å². The molecule has 0 radical (unpaired) electrons. The van der Waals surface area contributed by atoms with Gasteiger partial charge in [0.2, 0.25) is 5.91 Å². The molecule has 0 bridgehead atoms. The van der Waals surface area contributed by atoms with E-state index < -0.39 is 17.5 Å². The van der Waals surface area contributed by atoms with Crippen molar-refractivity contribution in [3.8, 4) is 11.3 Å². The molecule has 1 aliphatic heterocycles. The summed E-state index contributed by atoms with van der Waals surface area (Å²) in [7, 11) is 0. The van der Waals surface area contributed by atoms with E-state index in [0.29, 0.717) is 24.6 Å². The lowest BCUT2D eigenvalue weighted by Gasteiger charge is -2.33. The molecule has 29 heavy (non-hydrogen) atoms. The van der Waals surface area contributed by atoms with Crippen molar-refractivity contribution in [2.75, 3.05) is 6.54 Å².